The second-order valence-corrected chi connectivity index (χ2v) is 15.8. The first-order valence-electron chi connectivity index (χ1n) is 15.1. The quantitative estimate of drug-likeness (QED) is 0.263. The molecule has 1 unspecified atom stereocenters. The maximum absolute atomic E-state index is 15.1. The molecule has 10 nitrogen and oxygen atoms in total. The van der Waals surface area contributed by atoms with E-state index >= 15 is 4.39 Å². The summed E-state index contributed by atoms with van der Waals surface area (Å²) in [5.74, 6) is -1.94. The van der Waals surface area contributed by atoms with Crippen LogP contribution in [0.3, 0.4) is 0 Å². The van der Waals surface area contributed by atoms with Crippen molar-refractivity contribution in [2.45, 2.75) is 72.2 Å². The Bertz CT molecular complexity index is 1460. The summed E-state index contributed by atoms with van der Waals surface area (Å²) in [5.41, 5.74) is 4.96. The zero-order valence-electron chi connectivity index (χ0n) is 25.3. The molecule has 7 saturated carbocycles. The highest BCUT2D eigenvalue weighted by molar-refractivity contribution is 7.86. The lowest BCUT2D eigenvalue weighted by Crippen LogP contribution is -2.76. The SMILES string of the molecule is C[C@@H]1C[C@]23C4C(=O)CC[C@H]2[C@@H]4[C@]1(C)[C@H](OC(=O)COc1ccc2c(c1F)B(O)OC2)C[C@@](C)(CN)[C@@H](OS(C)(=O)=O)[C@@H]3C. The predicted molar refractivity (Wildman–Crippen MR) is 154 cm³/mol. The minimum atomic E-state index is -3.89. The van der Waals surface area contributed by atoms with E-state index in [-0.39, 0.29) is 66.2 Å². The summed E-state index contributed by atoms with van der Waals surface area (Å²) in [6.07, 6.45) is 1.55. The number of halogens is 1. The molecular weight excluding hydrogens is 580 g/mol. The Morgan fingerprint density at radius 3 is 2.63 bits per heavy atom. The van der Waals surface area contributed by atoms with E-state index in [1.165, 1.54) is 6.07 Å². The van der Waals surface area contributed by atoms with Crippen molar-refractivity contribution in [3.05, 3.63) is 23.5 Å². The number of hydrogen-bond donors (Lipinski definition) is 2. The first kappa shape index (κ1) is 30.9. The fourth-order valence-electron chi connectivity index (χ4n) is 10.0. The molecule has 0 saturated heterocycles. The van der Waals surface area contributed by atoms with Crippen LogP contribution in [0, 0.1) is 51.7 Å². The average molecular weight is 622 g/mol. The molecule has 9 rings (SSSR count). The second-order valence-electron chi connectivity index (χ2n) is 14.2. The molecule has 1 spiro atoms. The van der Waals surface area contributed by atoms with Crippen LogP contribution >= 0.6 is 0 Å². The third-order valence-corrected chi connectivity index (χ3v) is 12.7. The lowest BCUT2D eigenvalue weighted by Gasteiger charge is -2.76. The van der Waals surface area contributed by atoms with Crippen LogP contribution < -0.4 is 15.9 Å². The minimum Gasteiger partial charge on any atom is -0.479 e. The molecule has 10 atom stereocenters. The van der Waals surface area contributed by atoms with E-state index in [4.69, 9.17) is 24.0 Å². The lowest BCUT2D eigenvalue weighted by atomic mass is 9.27. The average Bonchev–Trinajstić information content (AvgIpc) is 3.33. The fourth-order valence-corrected chi connectivity index (χ4v) is 10.8. The van der Waals surface area contributed by atoms with Crippen molar-refractivity contribution in [3.63, 3.8) is 0 Å². The number of nitrogens with two attached hydrogens (primary N) is 1. The Morgan fingerprint density at radius 1 is 1.26 bits per heavy atom. The van der Waals surface area contributed by atoms with E-state index in [9.17, 15) is 23.0 Å². The summed E-state index contributed by atoms with van der Waals surface area (Å²) in [5, 5.41) is 9.97. The highest BCUT2D eigenvalue weighted by Gasteiger charge is 2.79. The largest absolute Gasteiger partial charge is 0.494 e. The second kappa shape index (κ2) is 10.2. The summed E-state index contributed by atoms with van der Waals surface area (Å²) in [4.78, 5) is 27.0. The van der Waals surface area contributed by atoms with Crippen LogP contribution in [0.25, 0.3) is 0 Å². The van der Waals surface area contributed by atoms with Crippen LogP contribution in [0.4, 0.5) is 4.39 Å². The molecule has 0 radical (unpaired) electrons. The van der Waals surface area contributed by atoms with Gasteiger partial charge in [0.05, 0.1) is 19.0 Å². The molecule has 1 aromatic rings. The Kier molecular flexibility index (Phi) is 7.37. The molecule has 1 aliphatic heterocycles. The number of carbonyl (C=O) groups is 2. The van der Waals surface area contributed by atoms with Crippen molar-refractivity contribution < 1.29 is 45.7 Å². The van der Waals surface area contributed by atoms with E-state index in [2.05, 4.69) is 13.8 Å². The Morgan fingerprint density at radius 2 is 1.98 bits per heavy atom. The van der Waals surface area contributed by atoms with E-state index in [0.717, 1.165) is 6.26 Å². The van der Waals surface area contributed by atoms with Crippen LogP contribution in [-0.4, -0.2) is 63.9 Å². The fraction of sp³-hybridized carbons (Fsp3) is 0.733. The van der Waals surface area contributed by atoms with Gasteiger partial charge in [-0.25, -0.2) is 9.18 Å². The monoisotopic (exact) mass is 621 g/mol. The summed E-state index contributed by atoms with van der Waals surface area (Å²) < 4.78 is 63.0. The van der Waals surface area contributed by atoms with Crippen LogP contribution in [0.2, 0.25) is 0 Å². The van der Waals surface area contributed by atoms with Gasteiger partial charge in [-0.05, 0) is 60.0 Å². The Balaban J connectivity index is 1.35. The van der Waals surface area contributed by atoms with Crippen LogP contribution in [0.1, 0.15) is 58.9 Å². The molecule has 7 aliphatic carbocycles. The maximum Gasteiger partial charge on any atom is 0.494 e. The van der Waals surface area contributed by atoms with Gasteiger partial charge in [-0.3, -0.25) is 8.98 Å². The first-order chi connectivity index (χ1) is 20.1. The molecule has 0 aromatic heterocycles. The standard InChI is InChI=1S/C30H41BFNO9S/c1-15-10-30-16(2)27(42-43(5,37)38)28(3,14-33)11-21(29(15,4)23-18(30)7-8-19(34)24(23)30)41-22(35)13-39-20-9-6-17-12-40-31(36)25(17)26(20)32/h6,9,15-16,18,21,23-24,27,36H,7-8,10-14,33H2,1-5H3/t15-,16+,18+,21-,23+,24?,27+,28+,29+,30-/m1/s1. The third kappa shape index (κ3) is 4.43. The van der Waals surface area contributed by atoms with Gasteiger partial charge >= 0.3 is 13.1 Å². The van der Waals surface area contributed by atoms with Crippen molar-refractivity contribution >= 4 is 34.5 Å². The number of benzene rings is 1. The Labute approximate surface area is 252 Å². The highest BCUT2D eigenvalue weighted by Crippen LogP contribution is 2.79. The van der Waals surface area contributed by atoms with Crippen molar-refractivity contribution in [1.82, 2.24) is 0 Å². The van der Waals surface area contributed by atoms with Gasteiger partial charge in [-0.2, -0.15) is 8.42 Å². The molecule has 236 valence electrons. The molecule has 1 heterocycles. The number of Topliss-reactive ketones (excluding diaryl/α,β-unsaturated/α-hetero) is 1. The molecule has 5 bridgehead atoms. The number of ether oxygens (including phenoxy) is 2. The number of esters is 1. The van der Waals surface area contributed by atoms with Gasteiger partial charge in [0, 0.05) is 35.2 Å². The molecule has 8 aliphatic rings. The lowest BCUT2D eigenvalue weighted by molar-refractivity contribution is -0.297. The van der Waals surface area contributed by atoms with Gasteiger partial charge in [0.1, 0.15) is 11.9 Å². The van der Waals surface area contributed by atoms with Crippen molar-refractivity contribution in [3.8, 4) is 5.75 Å². The number of fused-ring (bicyclic) bond motifs is 1. The number of rotatable bonds is 7. The predicted octanol–water partition coefficient (Wildman–Crippen LogP) is 1.94. The summed E-state index contributed by atoms with van der Waals surface area (Å²) >= 11 is 0. The Hall–Kier alpha value is -2.06. The molecular formula is C30H41BFNO9S. The van der Waals surface area contributed by atoms with Crippen LogP contribution in [-0.2, 0) is 39.9 Å². The molecule has 1 aromatic carbocycles. The highest BCUT2D eigenvalue weighted by atomic mass is 32.2. The number of carbonyl (C=O) groups excluding carboxylic acids is 2. The minimum absolute atomic E-state index is 0.0138. The normalized spacial score (nSPS) is 41.5. The van der Waals surface area contributed by atoms with Crippen molar-refractivity contribution in [1.29, 1.82) is 0 Å². The molecule has 43 heavy (non-hydrogen) atoms. The van der Waals surface area contributed by atoms with Crippen molar-refractivity contribution in [2.24, 2.45) is 51.6 Å². The topological polar surface area (TPSA) is 151 Å². The molecule has 13 heteroatoms. The first-order valence-corrected chi connectivity index (χ1v) is 16.9. The van der Waals surface area contributed by atoms with Gasteiger partial charge in [0.15, 0.2) is 18.2 Å². The van der Waals surface area contributed by atoms with Gasteiger partial charge in [-0.15, -0.1) is 0 Å². The molecule has 0 amide bonds. The van der Waals surface area contributed by atoms with E-state index in [0.29, 0.717) is 24.8 Å². The zero-order valence-corrected chi connectivity index (χ0v) is 26.1. The van der Waals surface area contributed by atoms with E-state index in [1.807, 2.05) is 13.8 Å². The van der Waals surface area contributed by atoms with Crippen LogP contribution in [0.15, 0.2) is 12.1 Å². The number of hydrogen-bond acceptors (Lipinski definition) is 10. The van der Waals surface area contributed by atoms with Crippen LogP contribution in [0.5, 0.6) is 5.75 Å². The van der Waals surface area contributed by atoms with Crippen molar-refractivity contribution in [2.75, 3.05) is 19.4 Å². The molecule has 7 fully saturated rings. The molecule has 3 N–H and O–H groups in total. The summed E-state index contributed by atoms with van der Waals surface area (Å²) in [7, 11) is -5.30. The van der Waals surface area contributed by atoms with E-state index in [1.54, 1.807) is 6.07 Å². The third-order valence-electron chi connectivity index (χ3n) is 12.1. The van der Waals surface area contributed by atoms with Gasteiger partial charge < -0.3 is 24.9 Å². The smallest absolute Gasteiger partial charge is 0.479 e. The number of ketones is 1. The van der Waals surface area contributed by atoms with Gasteiger partial charge in [0.25, 0.3) is 10.1 Å². The zero-order chi connectivity index (χ0) is 31.3. The van der Waals surface area contributed by atoms with Gasteiger partial charge in [-0.1, -0.05) is 33.8 Å². The van der Waals surface area contributed by atoms with E-state index < -0.39 is 64.1 Å². The van der Waals surface area contributed by atoms with Gasteiger partial charge in [0.2, 0.25) is 0 Å². The summed E-state index contributed by atoms with van der Waals surface area (Å²) in [6.45, 7) is 7.63. The maximum atomic E-state index is 15.1. The summed E-state index contributed by atoms with van der Waals surface area (Å²) in [6, 6.07) is 2.96.